The van der Waals surface area contributed by atoms with Crippen molar-refractivity contribution in [2.24, 2.45) is 0 Å². The molecule has 3 rings (SSSR count). The number of hydrogen-bond donors (Lipinski definition) is 2. The summed E-state index contributed by atoms with van der Waals surface area (Å²) in [5, 5.41) is 17.5. The maximum absolute atomic E-state index is 11.9. The Morgan fingerprint density at radius 1 is 1.10 bits per heavy atom. The highest BCUT2D eigenvalue weighted by Crippen LogP contribution is 2.33. The van der Waals surface area contributed by atoms with E-state index in [1.54, 1.807) is 49.4 Å². The van der Waals surface area contributed by atoms with Crippen LogP contribution in [0.3, 0.4) is 0 Å². The largest absolute Gasteiger partial charge is 0.462 e. The number of benzene rings is 2. The first-order chi connectivity index (χ1) is 14.0. The molecule has 29 heavy (non-hydrogen) atoms. The molecule has 148 valence electrons. The Hall–Kier alpha value is -3.53. The van der Waals surface area contributed by atoms with Crippen LogP contribution in [0.2, 0.25) is 0 Å². The van der Waals surface area contributed by atoms with Crippen molar-refractivity contribution in [3.05, 3.63) is 75.0 Å². The standard InChI is InChI=1S/C19H16BrN5O4/c1-2-29-19(26)12-4-3-5-15(10-12)24-18-16(25(27)28)17(21-11-22-18)23-14-8-6-13(20)7-9-14/h3-11H,2H2,1H3,(H2,21,22,23,24). The molecule has 2 aromatic carbocycles. The lowest BCUT2D eigenvalue weighted by Gasteiger charge is -2.11. The van der Waals surface area contributed by atoms with Crippen molar-refractivity contribution in [1.29, 1.82) is 0 Å². The zero-order valence-corrected chi connectivity index (χ0v) is 16.8. The Labute approximate surface area is 174 Å². The van der Waals surface area contributed by atoms with Crippen molar-refractivity contribution in [3.63, 3.8) is 0 Å². The Bertz CT molecular complexity index is 1040. The Kier molecular flexibility index (Phi) is 6.35. The predicted molar refractivity (Wildman–Crippen MR) is 112 cm³/mol. The fraction of sp³-hybridized carbons (Fsp3) is 0.105. The first-order valence-electron chi connectivity index (χ1n) is 8.54. The Morgan fingerprint density at radius 3 is 2.38 bits per heavy atom. The van der Waals surface area contributed by atoms with Gasteiger partial charge in [-0.25, -0.2) is 14.8 Å². The Balaban J connectivity index is 1.92. The highest BCUT2D eigenvalue weighted by Gasteiger charge is 2.23. The van der Waals surface area contributed by atoms with E-state index in [1.165, 1.54) is 12.4 Å². The molecule has 0 aliphatic carbocycles. The molecule has 9 nitrogen and oxygen atoms in total. The molecular weight excluding hydrogens is 442 g/mol. The number of aromatic nitrogens is 2. The summed E-state index contributed by atoms with van der Waals surface area (Å²) in [5.74, 6) is -0.451. The number of nitro groups is 1. The lowest BCUT2D eigenvalue weighted by atomic mass is 10.2. The summed E-state index contributed by atoms with van der Waals surface area (Å²) in [4.78, 5) is 31.0. The van der Waals surface area contributed by atoms with E-state index in [0.717, 1.165) is 4.47 Å². The highest BCUT2D eigenvalue weighted by atomic mass is 79.9. The number of anilines is 4. The van der Waals surface area contributed by atoms with Crippen LogP contribution in [0.1, 0.15) is 17.3 Å². The van der Waals surface area contributed by atoms with Crippen LogP contribution in [0.15, 0.2) is 59.3 Å². The number of carbonyl (C=O) groups is 1. The molecule has 0 amide bonds. The predicted octanol–water partition coefficient (Wildman–Crippen LogP) is 4.81. The lowest BCUT2D eigenvalue weighted by molar-refractivity contribution is -0.383. The molecule has 0 aliphatic heterocycles. The summed E-state index contributed by atoms with van der Waals surface area (Å²) in [7, 11) is 0. The first kappa shape index (κ1) is 20.2. The molecular formula is C19H16BrN5O4. The highest BCUT2D eigenvalue weighted by molar-refractivity contribution is 9.10. The average Bonchev–Trinajstić information content (AvgIpc) is 2.70. The minimum atomic E-state index is -0.571. The minimum absolute atomic E-state index is 0.00868. The van der Waals surface area contributed by atoms with Gasteiger partial charge in [-0.3, -0.25) is 10.1 Å². The van der Waals surface area contributed by atoms with E-state index in [2.05, 4.69) is 36.5 Å². The lowest BCUT2D eigenvalue weighted by Crippen LogP contribution is -2.07. The van der Waals surface area contributed by atoms with Gasteiger partial charge in [0.25, 0.3) is 0 Å². The first-order valence-corrected chi connectivity index (χ1v) is 9.33. The molecule has 0 saturated carbocycles. The van der Waals surface area contributed by atoms with Crippen LogP contribution >= 0.6 is 15.9 Å². The van der Waals surface area contributed by atoms with E-state index in [4.69, 9.17) is 4.74 Å². The van der Waals surface area contributed by atoms with Crippen LogP contribution < -0.4 is 10.6 Å². The van der Waals surface area contributed by atoms with Crippen molar-refractivity contribution < 1.29 is 14.5 Å². The second kappa shape index (κ2) is 9.11. The quantitative estimate of drug-likeness (QED) is 0.294. The fourth-order valence-electron chi connectivity index (χ4n) is 2.48. The summed E-state index contributed by atoms with van der Waals surface area (Å²) in [6.07, 6.45) is 1.21. The van der Waals surface area contributed by atoms with Crippen LogP contribution in [0, 0.1) is 10.1 Å². The van der Waals surface area contributed by atoms with Gasteiger partial charge in [0.1, 0.15) is 6.33 Å². The van der Waals surface area contributed by atoms with Crippen molar-refractivity contribution in [1.82, 2.24) is 9.97 Å². The van der Waals surface area contributed by atoms with Crippen LogP contribution in [0.5, 0.6) is 0 Å². The van der Waals surface area contributed by atoms with Gasteiger partial charge in [-0.1, -0.05) is 22.0 Å². The van der Waals surface area contributed by atoms with E-state index in [-0.39, 0.29) is 23.9 Å². The summed E-state index contributed by atoms with van der Waals surface area (Å²) in [6.45, 7) is 1.96. The topological polar surface area (TPSA) is 119 Å². The molecule has 0 fully saturated rings. The third kappa shape index (κ3) is 5.05. The van der Waals surface area contributed by atoms with E-state index in [9.17, 15) is 14.9 Å². The third-order valence-electron chi connectivity index (χ3n) is 3.75. The SMILES string of the molecule is CCOC(=O)c1cccc(Nc2ncnc(Nc3ccc(Br)cc3)c2[N+](=O)[O-])c1. The van der Waals surface area contributed by atoms with Gasteiger partial charge < -0.3 is 15.4 Å². The zero-order chi connectivity index (χ0) is 20.8. The molecule has 1 aromatic heterocycles. The maximum Gasteiger partial charge on any atom is 0.353 e. The van der Waals surface area contributed by atoms with Crippen LogP contribution in [0.25, 0.3) is 0 Å². The molecule has 0 bridgehead atoms. The smallest absolute Gasteiger partial charge is 0.353 e. The van der Waals surface area contributed by atoms with Gasteiger partial charge in [-0.15, -0.1) is 0 Å². The molecule has 0 saturated heterocycles. The summed E-state index contributed by atoms with van der Waals surface area (Å²) >= 11 is 3.34. The number of carbonyl (C=O) groups excluding carboxylic acids is 1. The number of esters is 1. The second-order valence-corrected chi connectivity index (χ2v) is 6.65. The molecule has 0 unspecified atom stereocenters. The van der Waals surface area contributed by atoms with Crippen LogP contribution in [-0.4, -0.2) is 27.5 Å². The van der Waals surface area contributed by atoms with Gasteiger partial charge in [0.15, 0.2) is 0 Å². The zero-order valence-electron chi connectivity index (χ0n) is 15.3. The molecule has 10 heteroatoms. The number of nitrogens with one attached hydrogen (secondary N) is 2. The van der Waals surface area contributed by atoms with E-state index in [0.29, 0.717) is 16.9 Å². The van der Waals surface area contributed by atoms with Crippen molar-refractivity contribution in [2.75, 3.05) is 17.2 Å². The number of hydrogen-bond acceptors (Lipinski definition) is 8. The van der Waals surface area contributed by atoms with E-state index < -0.39 is 10.9 Å². The molecule has 0 aliphatic rings. The van der Waals surface area contributed by atoms with Gasteiger partial charge >= 0.3 is 11.7 Å². The van der Waals surface area contributed by atoms with Crippen molar-refractivity contribution in [2.45, 2.75) is 6.92 Å². The molecule has 1 heterocycles. The molecule has 0 atom stereocenters. The van der Waals surface area contributed by atoms with Crippen molar-refractivity contribution in [3.8, 4) is 0 Å². The van der Waals surface area contributed by atoms with Gasteiger partial charge in [0.05, 0.1) is 17.1 Å². The minimum Gasteiger partial charge on any atom is -0.462 e. The monoisotopic (exact) mass is 457 g/mol. The number of rotatable bonds is 7. The van der Waals surface area contributed by atoms with E-state index in [1.807, 2.05) is 0 Å². The van der Waals surface area contributed by atoms with Gasteiger partial charge in [0.2, 0.25) is 11.6 Å². The van der Waals surface area contributed by atoms with Crippen molar-refractivity contribution >= 4 is 50.6 Å². The van der Waals surface area contributed by atoms with Gasteiger partial charge in [-0.05, 0) is 49.4 Å². The summed E-state index contributed by atoms with van der Waals surface area (Å²) in [6, 6.07) is 13.5. The van der Waals surface area contributed by atoms with Crippen LogP contribution in [-0.2, 0) is 4.74 Å². The van der Waals surface area contributed by atoms with Gasteiger partial charge in [0, 0.05) is 15.8 Å². The van der Waals surface area contributed by atoms with E-state index >= 15 is 0 Å². The summed E-state index contributed by atoms with van der Waals surface area (Å²) < 4.78 is 5.85. The third-order valence-corrected chi connectivity index (χ3v) is 4.28. The number of halogens is 1. The molecule has 3 aromatic rings. The Morgan fingerprint density at radius 2 is 1.76 bits per heavy atom. The summed E-state index contributed by atoms with van der Waals surface area (Å²) in [5.41, 5.74) is 1.08. The maximum atomic E-state index is 11.9. The molecule has 0 spiro atoms. The van der Waals surface area contributed by atoms with Crippen LogP contribution in [0.4, 0.5) is 28.7 Å². The number of nitrogens with zero attached hydrogens (tertiary/aromatic N) is 3. The fourth-order valence-corrected chi connectivity index (χ4v) is 2.74. The normalized spacial score (nSPS) is 10.3. The average molecular weight is 458 g/mol. The second-order valence-electron chi connectivity index (χ2n) is 5.73. The van der Waals surface area contributed by atoms with Gasteiger partial charge in [-0.2, -0.15) is 0 Å². The number of ether oxygens (including phenoxy) is 1. The molecule has 0 radical (unpaired) electrons. The molecule has 2 N–H and O–H groups in total.